The minimum Gasteiger partial charge on any atom is -0.496 e. The van der Waals surface area contributed by atoms with Gasteiger partial charge in [-0.1, -0.05) is 38.8 Å². The van der Waals surface area contributed by atoms with Gasteiger partial charge in [0.25, 0.3) is 0 Å². The van der Waals surface area contributed by atoms with E-state index < -0.39 is 0 Å². The van der Waals surface area contributed by atoms with Crippen LogP contribution in [0.1, 0.15) is 82.9 Å². The van der Waals surface area contributed by atoms with Gasteiger partial charge in [-0.2, -0.15) is 0 Å². The standard InChI is InChI=1S/C37H49N5O5S/c1-23(2)30-21-48-36(40-30)29-17-33(28-14-15-32(46-6)24(3)34(28)39-29)47-27-16-31(42(5)19-27)35(45)41-37(4)18-25(37)12-10-8-7-9-11-13-26(20-43)38-22-44/h10,12,14-15,17,20-23,25-27,31H,7-9,11,13,16,18-19H2,1-6H3,(H,38,44)(H,41,45)/b12-10-/t25-,26+,27-,31?,37-/m1/s1. The Hall–Kier alpha value is -3.83. The molecular formula is C37H49N5O5S. The van der Waals surface area contributed by atoms with E-state index >= 15 is 0 Å². The van der Waals surface area contributed by atoms with Crippen LogP contribution < -0.4 is 20.1 Å². The number of carbonyl (C=O) groups excluding carboxylic acids is 3. The Morgan fingerprint density at radius 3 is 2.71 bits per heavy atom. The van der Waals surface area contributed by atoms with Gasteiger partial charge in [-0.15, -0.1) is 11.3 Å². The number of aldehydes is 1. The number of pyridine rings is 1. The number of amides is 2. The van der Waals surface area contributed by atoms with Crippen LogP contribution in [-0.2, 0) is 14.4 Å². The van der Waals surface area contributed by atoms with E-state index in [1.165, 1.54) is 0 Å². The summed E-state index contributed by atoms with van der Waals surface area (Å²) in [5.74, 6) is 2.20. The molecule has 1 saturated heterocycles. The fourth-order valence-corrected chi connectivity index (χ4v) is 7.47. The lowest BCUT2D eigenvalue weighted by molar-refractivity contribution is -0.126. The van der Waals surface area contributed by atoms with E-state index in [0.717, 1.165) is 82.8 Å². The number of unbranched alkanes of at least 4 members (excludes halogenated alkanes) is 3. The highest BCUT2D eigenvalue weighted by molar-refractivity contribution is 7.13. The number of aromatic nitrogens is 2. The highest BCUT2D eigenvalue weighted by Crippen LogP contribution is 2.44. The van der Waals surface area contributed by atoms with Crippen LogP contribution in [0.2, 0.25) is 0 Å². The van der Waals surface area contributed by atoms with Crippen molar-refractivity contribution in [2.45, 2.75) is 102 Å². The van der Waals surface area contributed by atoms with Gasteiger partial charge in [0.2, 0.25) is 12.3 Å². The number of carbonyl (C=O) groups is 3. The summed E-state index contributed by atoms with van der Waals surface area (Å²) >= 11 is 1.59. The molecule has 2 amide bonds. The van der Waals surface area contributed by atoms with E-state index in [9.17, 15) is 14.4 Å². The third kappa shape index (κ3) is 8.23. The number of allylic oxidation sites excluding steroid dienone is 1. The molecule has 2 aliphatic rings. The van der Waals surface area contributed by atoms with E-state index in [2.05, 4.69) is 53.8 Å². The molecular weight excluding hydrogens is 627 g/mol. The van der Waals surface area contributed by atoms with Crippen molar-refractivity contribution in [1.82, 2.24) is 25.5 Å². The SMILES string of the molecule is COc1ccc2c(O[C@@H]3CC(C(=O)N[C@]4(C)C[C@H]4/C=C\CCCCC[C@@H](C=O)NC=O)N(C)C3)cc(-c3nc(C(C)C)cs3)nc2c1C. The van der Waals surface area contributed by atoms with Crippen molar-refractivity contribution >= 4 is 40.8 Å². The van der Waals surface area contributed by atoms with Gasteiger partial charge in [-0.3, -0.25) is 14.5 Å². The second-order valence-electron chi connectivity index (χ2n) is 13.8. The van der Waals surface area contributed by atoms with Crippen molar-refractivity contribution in [3.63, 3.8) is 0 Å². The van der Waals surface area contributed by atoms with Gasteiger partial charge in [0.1, 0.15) is 34.6 Å². The van der Waals surface area contributed by atoms with Crippen molar-refractivity contribution in [3.05, 3.63) is 47.0 Å². The highest BCUT2D eigenvalue weighted by Gasteiger charge is 2.51. The smallest absolute Gasteiger partial charge is 0.237 e. The topological polar surface area (TPSA) is 123 Å². The zero-order valence-electron chi connectivity index (χ0n) is 29.0. The van der Waals surface area contributed by atoms with Gasteiger partial charge in [-0.25, -0.2) is 9.97 Å². The molecule has 1 aliphatic carbocycles. The van der Waals surface area contributed by atoms with Gasteiger partial charge in [0, 0.05) is 46.8 Å². The Bertz CT molecular complexity index is 1640. The first kappa shape index (κ1) is 35.5. The average molecular weight is 676 g/mol. The molecule has 1 aliphatic heterocycles. The molecule has 5 atom stereocenters. The summed E-state index contributed by atoms with van der Waals surface area (Å²) in [6.07, 6.45) is 11.7. The first-order chi connectivity index (χ1) is 23.1. The Labute approximate surface area is 287 Å². The second-order valence-corrected chi connectivity index (χ2v) is 14.6. The molecule has 11 heteroatoms. The number of thiazole rings is 1. The van der Waals surface area contributed by atoms with Crippen molar-refractivity contribution in [2.24, 2.45) is 5.92 Å². The average Bonchev–Trinajstić information content (AvgIpc) is 3.37. The van der Waals surface area contributed by atoms with Crippen LogP contribution in [0.3, 0.4) is 0 Å². The molecule has 2 fully saturated rings. The summed E-state index contributed by atoms with van der Waals surface area (Å²) in [5.41, 5.74) is 3.34. The number of rotatable bonds is 17. The lowest BCUT2D eigenvalue weighted by Gasteiger charge is -2.21. The molecule has 1 aromatic carbocycles. The molecule has 0 bridgehead atoms. The van der Waals surface area contributed by atoms with Gasteiger partial charge in [0.15, 0.2) is 0 Å². The number of fused-ring (bicyclic) bond motifs is 1. The maximum Gasteiger partial charge on any atom is 0.237 e. The highest BCUT2D eigenvalue weighted by atomic mass is 32.1. The fourth-order valence-electron chi connectivity index (χ4n) is 6.53. The lowest BCUT2D eigenvalue weighted by Crippen LogP contribution is -2.46. The molecule has 0 radical (unpaired) electrons. The number of likely N-dealkylation sites (tertiary alicyclic amines) is 1. The van der Waals surface area contributed by atoms with Crippen molar-refractivity contribution < 1.29 is 23.9 Å². The van der Waals surface area contributed by atoms with E-state index in [0.29, 0.717) is 37.6 Å². The molecule has 3 heterocycles. The number of hydrogen-bond donors (Lipinski definition) is 2. The molecule has 0 spiro atoms. The summed E-state index contributed by atoms with van der Waals surface area (Å²) in [6, 6.07) is 5.27. The zero-order valence-corrected chi connectivity index (χ0v) is 29.8. The fraction of sp³-hybridized carbons (Fsp3) is 0.541. The first-order valence-corrected chi connectivity index (χ1v) is 17.9. The van der Waals surface area contributed by atoms with Crippen molar-refractivity contribution in [1.29, 1.82) is 0 Å². The van der Waals surface area contributed by atoms with Crippen LogP contribution in [0.4, 0.5) is 0 Å². The third-order valence-electron chi connectivity index (χ3n) is 9.72. The molecule has 3 aromatic rings. The number of methoxy groups -OCH3 is 1. The van der Waals surface area contributed by atoms with Crippen LogP contribution in [0, 0.1) is 12.8 Å². The Balaban J connectivity index is 1.19. The normalized spacial score (nSPS) is 23.0. The summed E-state index contributed by atoms with van der Waals surface area (Å²) in [6.45, 7) is 9.04. The number of nitrogens with zero attached hydrogens (tertiary/aromatic N) is 3. The number of ether oxygens (including phenoxy) is 2. The monoisotopic (exact) mass is 675 g/mol. The molecule has 2 N–H and O–H groups in total. The summed E-state index contributed by atoms with van der Waals surface area (Å²) < 4.78 is 12.3. The predicted molar refractivity (Wildman–Crippen MR) is 190 cm³/mol. The van der Waals surface area contributed by atoms with E-state index in [4.69, 9.17) is 19.4 Å². The number of nitrogens with one attached hydrogen (secondary N) is 2. The minimum absolute atomic E-state index is 0.0422. The Morgan fingerprint density at radius 2 is 2.00 bits per heavy atom. The molecule has 10 nitrogen and oxygen atoms in total. The van der Waals surface area contributed by atoms with Crippen LogP contribution in [0.5, 0.6) is 11.5 Å². The number of benzene rings is 1. The molecule has 2 aromatic heterocycles. The van der Waals surface area contributed by atoms with Crippen molar-refractivity contribution in [2.75, 3.05) is 20.7 Å². The number of likely N-dealkylation sites (N-methyl/N-ethyl adjacent to an activating group) is 1. The first-order valence-electron chi connectivity index (χ1n) is 17.0. The molecule has 5 rings (SSSR count). The molecule has 48 heavy (non-hydrogen) atoms. The maximum absolute atomic E-state index is 13.5. The van der Waals surface area contributed by atoms with Gasteiger partial charge < -0.3 is 24.9 Å². The molecule has 258 valence electrons. The molecule has 1 unspecified atom stereocenters. The maximum atomic E-state index is 13.5. The zero-order chi connectivity index (χ0) is 34.4. The van der Waals surface area contributed by atoms with E-state index in [1.54, 1.807) is 18.4 Å². The minimum atomic E-state index is -0.390. The van der Waals surface area contributed by atoms with Crippen molar-refractivity contribution in [3.8, 4) is 22.2 Å². The third-order valence-corrected chi connectivity index (χ3v) is 10.6. The number of aryl methyl sites for hydroxylation is 1. The second kappa shape index (κ2) is 15.6. The summed E-state index contributed by atoms with van der Waals surface area (Å²) in [7, 11) is 3.65. The quantitative estimate of drug-likeness (QED) is 0.102. The van der Waals surface area contributed by atoms with E-state index in [1.807, 2.05) is 32.2 Å². The Kier molecular flexibility index (Phi) is 11.5. The van der Waals surface area contributed by atoms with E-state index in [-0.39, 0.29) is 29.6 Å². The number of hydrogen-bond acceptors (Lipinski definition) is 9. The van der Waals surface area contributed by atoms with Gasteiger partial charge >= 0.3 is 0 Å². The molecule has 1 saturated carbocycles. The van der Waals surface area contributed by atoms with Crippen LogP contribution in [-0.4, -0.2) is 77.9 Å². The predicted octanol–water partition coefficient (Wildman–Crippen LogP) is 5.97. The Morgan fingerprint density at radius 1 is 1.19 bits per heavy atom. The van der Waals surface area contributed by atoms with Crippen LogP contribution in [0.25, 0.3) is 21.6 Å². The summed E-state index contributed by atoms with van der Waals surface area (Å²) in [5, 5.41) is 9.71. The lowest BCUT2D eigenvalue weighted by atomic mass is 10.1. The largest absolute Gasteiger partial charge is 0.496 e. The summed E-state index contributed by atoms with van der Waals surface area (Å²) in [4.78, 5) is 47.0. The van der Waals surface area contributed by atoms with Crippen LogP contribution in [0.15, 0.2) is 35.7 Å². The van der Waals surface area contributed by atoms with Crippen LogP contribution >= 0.6 is 11.3 Å². The van der Waals surface area contributed by atoms with Gasteiger partial charge in [0.05, 0.1) is 30.4 Å². The van der Waals surface area contributed by atoms with Gasteiger partial charge in [-0.05, 0) is 64.6 Å².